The Hall–Kier alpha value is -2.08. The first kappa shape index (κ1) is 19.7. The van der Waals surface area contributed by atoms with Crippen LogP contribution in [0.1, 0.15) is 12.5 Å². The Morgan fingerprint density at radius 3 is 2.59 bits per heavy atom. The van der Waals surface area contributed by atoms with Crippen molar-refractivity contribution in [2.45, 2.75) is 6.92 Å². The number of benzene rings is 1. The maximum atomic E-state index is 12.1. The lowest BCUT2D eigenvalue weighted by atomic mass is 10.2. The Balaban J connectivity index is 1.56. The number of anilines is 2. The van der Waals surface area contributed by atoms with Crippen LogP contribution in [0.4, 0.5) is 11.5 Å². The number of rotatable bonds is 5. The van der Waals surface area contributed by atoms with E-state index in [2.05, 4.69) is 27.0 Å². The van der Waals surface area contributed by atoms with Gasteiger partial charge in [0.2, 0.25) is 5.91 Å². The van der Waals surface area contributed by atoms with Crippen LogP contribution in [0.15, 0.2) is 42.6 Å². The maximum Gasteiger partial charge on any atom is 0.248 e. The topological polar surface area (TPSA) is 48.5 Å². The fourth-order valence-corrected chi connectivity index (χ4v) is 3.40. The quantitative estimate of drug-likeness (QED) is 0.759. The van der Waals surface area contributed by atoms with Crippen LogP contribution in [0.3, 0.4) is 0 Å². The zero-order valence-corrected chi connectivity index (χ0v) is 16.7. The standard InChI is InChI=1S/C20H22Cl2N4O/c1-2-25-9-11-26(12-10-25)19-7-6-17(14-23-19)24-20(27)8-4-15-3-5-16(21)13-18(15)22/h3-8,13-14H,2,9-12H2,1H3,(H,24,27)/b8-4+. The van der Waals surface area contributed by atoms with E-state index in [-0.39, 0.29) is 5.91 Å². The minimum absolute atomic E-state index is 0.243. The summed E-state index contributed by atoms with van der Waals surface area (Å²) >= 11 is 12.0. The molecule has 0 bridgehead atoms. The van der Waals surface area contributed by atoms with Gasteiger partial charge in [-0.25, -0.2) is 4.98 Å². The Morgan fingerprint density at radius 1 is 1.19 bits per heavy atom. The molecule has 0 saturated carbocycles. The van der Waals surface area contributed by atoms with Crippen molar-refractivity contribution >= 4 is 46.7 Å². The number of nitrogens with one attached hydrogen (secondary N) is 1. The van der Waals surface area contributed by atoms with Crippen LogP contribution in [0.2, 0.25) is 10.0 Å². The molecule has 142 valence electrons. The highest BCUT2D eigenvalue weighted by atomic mass is 35.5. The molecule has 0 spiro atoms. The van der Waals surface area contributed by atoms with Gasteiger partial charge in [0.15, 0.2) is 0 Å². The van der Waals surface area contributed by atoms with Crippen molar-refractivity contribution in [1.82, 2.24) is 9.88 Å². The molecule has 1 aliphatic heterocycles. The van der Waals surface area contributed by atoms with Gasteiger partial charge in [0.25, 0.3) is 0 Å². The van der Waals surface area contributed by atoms with Gasteiger partial charge in [0.05, 0.1) is 11.9 Å². The molecule has 1 amide bonds. The number of halogens is 2. The summed E-state index contributed by atoms with van der Waals surface area (Å²) in [6, 6.07) is 8.95. The molecule has 0 aliphatic carbocycles. The molecule has 5 nitrogen and oxygen atoms in total. The molecule has 1 fully saturated rings. The number of amides is 1. The smallest absolute Gasteiger partial charge is 0.248 e. The molecule has 1 aliphatic rings. The third-order valence-electron chi connectivity index (χ3n) is 4.54. The van der Waals surface area contributed by atoms with Crippen molar-refractivity contribution in [2.24, 2.45) is 0 Å². The summed E-state index contributed by atoms with van der Waals surface area (Å²) in [5, 5.41) is 3.87. The monoisotopic (exact) mass is 404 g/mol. The molecular formula is C20H22Cl2N4O. The Morgan fingerprint density at radius 2 is 1.96 bits per heavy atom. The molecule has 0 unspecified atom stereocenters. The first-order chi connectivity index (χ1) is 13.0. The predicted molar refractivity (Wildman–Crippen MR) is 113 cm³/mol. The van der Waals surface area contributed by atoms with Crippen LogP contribution >= 0.6 is 23.2 Å². The molecule has 0 atom stereocenters. The zero-order valence-electron chi connectivity index (χ0n) is 15.2. The van der Waals surface area contributed by atoms with Crippen LogP contribution in [0.25, 0.3) is 6.08 Å². The fourth-order valence-electron chi connectivity index (χ4n) is 2.93. The largest absolute Gasteiger partial charge is 0.354 e. The van der Waals surface area contributed by atoms with Gasteiger partial charge in [0.1, 0.15) is 5.82 Å². The van der Waals surface area contributed by atoms with Crippen molar-refractivity contribution in [3.63, 3.8) is 0 Å². The van der Waals surface area contributed by atoms with Gasteiger partial charge >= 0.3 is 0 Å². The van der Waals surface area contributed by atoms with Crippen LogP contribution in [0, 0.1) is 0 Å². The number of hydrogen-bond donors (Lipinski definition) is 1. The number of nitrogens with zero attached hydrogens (tertiary/aromatic N) is 3. The lowest BCUT2D eigenvalue weighted by Gasteiger charge is -2.34. The highest BCUT2D eigenvalue weighted by Crippen LogP contribution is 2.22. The van der Waals surface area contributed by atoms with Crippen molar-refractivity contribution in [2.75, 3.05) is 42.9 Å². The lowest BCUT2D eigenvalue weighted by molar-refractivity contribution is -0.111. The predicted octanol–water partition coefficient (Wildman–Crippen LogP) is 4.18. The van der Waals surface area contributed by atoms with Crippen molar-refractivity contribution < 1.29 is 4.79 Å². The Kier molecular flexibility index (Phi) is 6.72. The summed E-state index contributed by atoms with van der Waals surface area (Å²) in [4.78, 5) is 21.3. The van der Waals surface area contributed by atoms with E-state index in [4.69, 9.17) is 23.2 Å². The van der Waals surface area contributed by atoms with Gasteiger partial charge in [-0.1, -0.05) is 36.2 Å². The number of pyridine rings is 1. The number of aromatic nitrogens is 1. The second-order valence-electron chi connectivity index (χ2n) is 6.31. The van der Waals surface area contributed by atoms with Crippen LogP contribution in [0.5, 0.6) is 0 Å². The van der Waals surface area contributed by atoms with Gasteiger partial charge in [0, 0.05) is 42.3 Å². The number of piperazine rings is 1. The minimum atomic E-state index is -0.243. The number of hydrogen-bond acceptors (Lipinski definition) is 4. The van der Waals surface area contributed by atoms with E-state index in [0.29, 0.717) is 15.7 Å². The van der Waals surface area contributed by atoms with Crippen molar-refractivity contribution in [3.05, 3.63) is 58.2 Å². The SMILES string of the molecule is CCN1CCN(c2ccc(NC(=O)/C=C/c3ccc(Cl)cc3Cl)cn2)CC1. The molecule has 1 saturated heterocycles. The van der Waals surface area contributed by atoms with E-state index in [9.17, 15) is 4.79 Å². The first-order valence-electron chi connectivity index (χ1n) is 8.92. The van der Waals surface area contributed by atoms with Gasteiger partial charge < -0.3 is 15.1 Å². The van der Waals surface area contributed by atoms with E-state index in [0.717, 1.165) is 44.1 Å². The summed E-state index contributed by atoms with van der Waals surface area (Å²) in [6.45, 7) is 7.30. The second kappa shape index (κ2) is 9.22. The van der Waals surface area contributed by atoms with Gasteiger partial charge in [-0.3, -0.25) is 4.79 Å². The number of carbonyl (C=O) groups is 1. The average molecular weight is 405 g/mol. The van der Waals surface area contributed by atoms with E-state index >= 15 is 0 Å². The van der Waals surface area contributed by atoms with Crippen molar-refractivity contribution in [3.8, 4) is 0 Å². The van der Waals surface area contributed by atoms with Crippen molar-refractivity contribution in [1.29, 1.82) is 0 Å². The third-order valence-corrected chi connectivity index (χ3v) is 5.10. The highest BCUT2D eigenvalue weighted by molar-refractivity contribution is 6.35. The Labute approximate surface area is 169 Å². The zero-order chi connectivity index (χ0) is 19.2. The maximum absolute atomic E-state index is 12.1. The van der Waals surface area contributed by atoms with Gasteiger partial charge in [-0.15, -0.1) is 0 Å². The molecular weight excluding hydrogens is 383 g/mol. The molecule has 27 heavy (non-hydrogen) atoms. The third kappa shape index (κ3) is 5.45. The number of likely N-dealkylation sites (N-methyl/N-ethyl adjacent to an activating group) is 1. The van der Waals surface area contributed by atoms with E-state index < -0.39 is 0 Å². The number of carbonyl (C=O) groups excluding carboxylic acids is 1. The van der Waals surface area contributed by atoms with E-state index in [1.54, 1.807) is 30.5 Å². The molecule has 2 heterocycles. The molecule has 0 radical (unpaired) electrons. The highest BCUT2D eigenvalue weighted by Gasteiger charge is 2.16. The normalized spacial score (nSPS) is 15.3. The summed E-state index contributed by atoms with van der Waals surface area (Å²) in [5.74, 6) is 0.694. The lowest BCUT2D eigenvalue weighted by Crippen LogP contribution is -2.46. The summed E-state index contributed by atoms with van der Waals surface area (Å²) in [7, 11) is 0. The molecule has 2 aromatic rings. The molecule has 1 N–H and O–H groups in total. The minimum Gasteiger partial charge on any atom is -0.354 e. The average Bonchev–Trinajstić information content (AvgIpc) is 2.68. The molecule has 1 aromatic carbocycles. The second-order valence-corrected chi connectivity index (χ2v) is 7.16. The van der Waals surface area contributed by atoms with Crippen LogP contribution in [-0.4, -0.2) is 48.5 Å². The van der Waals surface area contributed by atoms with Crippen LogP contribution < -0.4 is 10.2 Å². The summed E-state index contributed by atoms with van der Waals surface area (Å²) < 4.78 is 0. The summed E-state index contributed by atoms with van der Waals surface area (Å²) in [6.07, 6.45) is 4.78. The van der Waals surface area contributed by atoms with Gasteiger partial charge in [-0.05, 0) is 42.4 Å². The summed E-state index contributed by atoms with van der Waals surface area (Å²) in [5.41, 5.74) is 1.39. The Bertz CT molecular complexity index is 815. The van der Waals surface area contributed by atoms with E-state index in [1.807, 2.05) is 12.1 Å². The first-order valence-corrected chi connectivity index (χ1v) is 9.68. The van der Waals surface area contributed by atoms with Crippen LogP contribution in [-0.2, 0) is 4.79 Å². The van der Waals surface area contributed by atoms with Gasteiger partial charge in [-0.2, -0.15) is 0 Å². The van der Waals surface area contributed by atoms with E-state index in [1.165, 1.54) is 6.08 Å². The fraction of sp³-hybridized carbons (Fsp3) is 0.300. The molecule has 7 heteroatoms. The molecule has 3 rings (SSSR count). The molecule has 1 aromatic heterocycles.